The van der Waals surface area contributed by atoms with Crippen LogP contribution in [0.2, 0.25) is 0 Å². The van der Waals surface area contributed by atoms with Crippen molar-refractivity contribution >= 4 is 11.8 Å². The van der Waals surface area contributed by atoms with Crippen LogP contribution in [-0.2, 0) is 4.79 Å². The van der Waals surface area contributed by atoms with E-state index in [1.807, 2.05) is 36.4 Å². The van der Waals surface area contributed by atoms with E-state index in [4.69, 9.17) is 0 Å². The molecule has 3 atom stereocenters. The van der Waals surface area contributed by atoms with Crippen molar-refractivity contribution in [1.29, 1.82) is 0 Å². The van der Waals surface area contributed by atoms with Crippen LogP contribution < -0.4 is 0 Å². The first kappa shape index (κ1) is 12.6. The van der Waals surface area contributed by atoms with Crippen molar-refractivity contribution in [3.8, 4) is 0 Å². The molecule has 0 aromatic heterocycles. The standard InChI is InChI=1S/C17H14O3/c18-16(12-9-5-2-6-10-12)14-13(15(14)17(19)20)11-7-3-1-4-8-11/h1-10,13-15H,(H,19,20). The van der Waals surface area contributed by atoms with Gasteiger partial charge >= 0.3 is 5.97 Å². The van der Waals surface area contributed by atoms with Crippen molar-refractivity contribution in [2.24, 2.45) is 11.8 Å². The minimum atomic E-state index is -0.895. The lowest BCUT2D eigenvalue weighted by atomic mass is 10.0. The molecular weight excluding hydrogens is 252 g/mol. The van der Waals surface area contributed by atoms with Crippen molar-refractivity contribution in [2.75, 3.05) is 0 Å². The summed E-state index contributed by atoms with van der Waals surface area (Å²) < 4.78 is 0. The predicted molar refractivity (Wildman–Crippen MR) is 74.6 cm³/mol. The highest BCUT2D eigenvalue weighted by Gasteiger charge is 2.59. The summed E-state index contributed by atoms with van der Waals surface area (Å²) >= 11 is 0. The van der Waals surface area contributed by atoms with Crippen LogP contribution in [0.1, 0.15) is 21.8 Å². The molecule has 100 valence electrons. The van der Waals surface area contributed by atoms with E-state index in [0.29, 0.717) is 5.56 Å². The Morgan fingerprint density at radius 3 is 1.90 bits per heavy atom. The van der Waals surface area contributed by atoms with Crippen LogP contribution in [0.25, 0.3) is 0 Å². The van der Waals surface area contributed by atoms with Gasteiger partial charge in [0.1, 0.15) is 0 Å². The zero-order valence-corrected chi connectivity index (χ0v) is 10.8. The Balaban J connectivity index is 1.90. The number of ketones is 1. The summed E-state index contributed by atoms with van der Waals surface area (Å²) in [6.45, 7) is 0. The SMILES string of the molecule is O=C(O)C1C(C(=O)c2ccccc2)C1c1ccccc1. The van der Waals surface area contributed by atoms with Gasteiger partial charge in [0.15, 0.2) is 5.78 Å². The Kier molecular flexibility index (Phi) is 3.11. The third kappa shape index (κ3) is 2.11. The summed E-state index contributed by atoms with van der Waals surface area (Å²) in [7, 11) is 0. The van der Waals surface area contributed by atoms with Gasteiger partial charge in [-0.05, 0) is 5.56 Å². The zero-order valence-electron chi connectivity index (χ0n) is 10.8. The van der Waals surface area contributed by atoms with Gasteiger partial charge in [-0.3, -0.25) is 9.59 Å². The monoisotopic (exact) mass is 266 g/mol. The fourth-order valence-electron chi connectivity index (χ4n) is 2.83. The third-order valence-electron chi connectivity index (χ3n) is 3.85. The molecule has 0 amide bonds. The minimum absolute atomic E-state index is 0.0770. The molecule has 1 aliphatic rings. The van der Waals surface area contributed by atoms with Gasteiger partial charge in [-0.25, -0.2) is 0 Å². The van der Waals surface area contributed by atoms with Gasteiger partial charge in [-0.1, -0.05) is 60.7 Å². The number of aliphatic carboxylic acids is 1. The van der Waals surface area contributed by atoms with Crippen molar-refractivity contribution in [1.82, 2.24) is 0 Å². The molecule has 1 fully saturated rings. The highest BCUT2D eigenvalue weighted by molar-refractivity contribution is 6.04. The lowest BCUT2D eigenvalue weighted by Gasteiger charge is -2.00. The van der Waals surface area contributed by atoms with Gasteiger partial charge in [-0.2, -0.15) is 0 Å². The van der Waals surface area contributed by atoms with Crippen LogP contribution in [0.4, 0.5) is 0 Å². The molecule has 2 aromatic rings. The Morgan fingerprint density at radius 2 is 1.35 bits per heavy atom. The maximum Gasteiger partial charge on any atom is 0.307 e. The molecule has 0 heterocycles. The molecule has 0 radical (unpaired) electrons. The van der Waals surface area contributed by atoms with E-state index in [0.717, 1.165) is 5.56 Å². The highest BCUT2D eigenvalue weighted by atomic mass is 16.4. The molecule has 2 aromatic carbocycles. The zero-order chi connectivity index (χ0) is 14.1. The molecule has 3 nitrogen and oxygen atoms in total. The Hall–Kier alpha value is -2.42. The van der Waals surface area contributed by atoms with Gasteiger partial charge in [0.05, 0.1) is 5.92 Å². The normalized spacial score (nSPS) is 24.1. The summed E-state index contributed by atoms with van der Waals surface area (Å²) in [5, 5.41) is 9.30. The van der Waals surface area contributed by atoms with Crippen LogP contribution in [0.3, 0.4) is 0 Å². The van der Waals surface area contributed by atoms with E-state index in [-0.39, 0.29) is 11.7 Å². The quantitative estimate of drug-likeness (QED) is 0.865. The number of hydrogen-bond donors (Lipinski definition) is 1. The van der Waals surface area contributed by atoms with Crippen molar-refractivity contribution in [2.45, 2.75) is 5.92 Å². The molecule has 0 spiro atoms. The minimum Gasteiger partial charge on any atom is -0.481 e. The molecule has 1 saturated carbocycles. The van der Waals surface area contributed by atoms with Crippen molar-refractivity contribution in [3.05, 3.63) is 71.8 Å². The van der Waals surface area contributed by atoms with E-state index in [1.165, 1.54) is 0 Å². The average molecular weight is 266 g/mol. The molecule has 1 aliphatic carbocycles. The number of benzene rings is 2. The number of carbonyl (C=O) groups is 2. The number of carbonyl (C=O) groups excluding carboxylic acids is 1. The Bertz CT molecular complexity index is 634. The average Bonchev–Trinajstić information content (AvgIpc) is 3.24. The molecule has 3 unspecified atom stereocenters. The summed E-state index contributed by atoms with van der Waals surface area (Å²) in [5.41, 5.74) is 1.51. The van der Waals surface area contributed by atoms with Crippen molar-refractivity contribution < 1.29 is 14.7 Å². The van der Waals surface area contributed by atoms with Gasteiger partial charge in [0, 0.05) is 17.4 Å². The van der Waals surface area contributed by atoms with E-state index in [2.05, 4.69) is 0 Å². The molecule has 0 bridgehead atoms. The molecule has 1 N–H and O–H groups in total. The van der Waals surface area contributed by atoms with E-state index < -0.39 is 17.8 Å². The number of rotatable bonds is 4. The molecule has 3 rings (SSSR count). The summed E-state index contributed by atoms with van der Waals surface area (Å²) in [4.78, 5) is 23.8. The number of carboxylic acid groups (broad SMARTS) is 1. The molecule has 0 aliphatic heterocycles. The van der Waals surface area contributed by atoms with Crippen LogP contribution >= 0.6 is 0 Å². The lowest BCUT2D eigenvalue weighted by molar-refractivity contribution is -0.138. The van der Waals surface area contributed by atoms with Crippen molar-refractivity contribution in [3.63, 3.8) is 0 Å². The number of hydrogen-bond acceptors (Lipinski definition) is 2. The van der Waals surface area contributed by atoms with E-state index in [9.17, 15) is 14.7 Å². The predicted octanol–water partition coefficient (Wildman–Crippen LogP) is 2.98. The molecule has 0 saturated heterocycles. The van der Waals surface area contributed by atoms with Gasteiger partial charge < -0.3 is 5.11 Å². The maximum absolute atomic E-state index is 12.4. The molecule has 3 heteroatoms. The highest BCUT2D eigenvalue weighted by Crippen LogP contribution is 2.55. The topological polar surface area (TPSA) is 54.4 Å². The second-order valence-electron chi connectivity index (χ2n) is 5.06. The smallest absolute Gasteiger partial charge is 0.307 e. The first-order chi connectivity index (χ1) is 9.70. The van der Waals surface area contributed by atoms with E-state index >= 15 is 0 Å². The summed E-state index contributed by atoms with van der Waals surface area (Å²) in [5.74, 6) is -2.23. The third-order valence-corrected chi connectivity index (χ3v) is 3.85. The van der Waals surface area contributed by atoms with Crippen LogP contribution in [0.5, 0.6) is 0 Å². The Morgan fingerprint density at radius 1 is 0.800 bits per heavy atom. The Labute approximate surface area is 116 Å². The maximum atomic E-state index is 12.4. The summed E-state index contributed by atoms with van der Waals surface area (Å²) in [6.07, 6.45) is 0. The first-order valence-electron chi connectivity index (χ1n) is 6.57. The largest absolute Gasteiger partial charge is 0.481 e. The fraction of sp³-hybridized carbons (Fsp3) is 0.176. The van der Waals surface area contributed by atoms with Gasteiger partial charge in [0.2, 0.25) is 0 Å². The van der Waals surface area contributed by atoms with Crippen LogP contribution in [0.15, 0.2) is 60.7 Å². The fourth-order valence-corrected chi connectivity index (χ4v) is 2.83. The molecule has 20 heavy (non-hydrogen) atoms. The van der Waals surface area contributed by atoms with Crippen LogP contribution in [-0.4, -0.2) is 16.9 Å². The summed E-state index contributed by atoms with van der Waals surface area (Å²) in [6, 6.07) is 18.3. The van der Waals surface area contributed by atoms with Gasteiger partial charge in [-0.15, -0.1) is 0 Å². The van der Waals surface area contributed by atoms with E-state index in [1.54, 1.807) is 24.3 Å². The van der Waals surface area contributed by atoms with Crippen LogP contribution in [0, 0.1) is 11.8 Å². The lowest BCUT2D eigenvalue weighted by Crippen LogP contribution is -2.07. The number of carboxylic acids is 1. The van der Waals surface area contributed by atoms with Gasteiger partial charge in [0.25, 0.3) is 0 Å². The second kappa shape index (κ2) is 4.93. The second-order valence-corrected chi connectivity index (χ2v) is 5.06. The molecular formula is C17H14O3. The first-order valence-corrected chi connectivity index (χ1v) is 6.57. The number of Topliss-reactive ketones (excluding diaryl/α,β-unsaturated/α-hetero) is 1.